The van der Waals surface area contributed by atoms with Gasteiger partial charge in [-0.25, -0.2) is 0 Å². The quantitative estimate of drug-likeness (QED) is 0.462. The number of primary amides is 1. The zero-order valence-electron chi connectivity index (χ0n) is 16.5. The van der Waals surface area contributed by atoms with Gasteiger partial charge in [0.2, 0.25) is 5.78 Å². The first kappa shape index (κ1) is 20.2. The highest BCUT2D eigenvalue weighted by Crippen LogP contribution is 2.56. The fourth-order valence-corrected chi connectivity index (χ4v) is 5.46. The molecule has 4 rings (SSSR count). The number of fused-ring (bicyclic) bond motifs is 3. The maximum Gasteiger partial charge on any atom is 0.255 e. The number of hydrogen-bond acceptors (Lipinski definition) is 7. The number of benzene rings is 1. The molecule has 8 nitrogen and oxygen atoms in total. The molecule has 6 N–H and O–H groups in total. The number of Topliss-reactive ketones (excluding diaryl/α,β-unsaturated/α-hetero) is 2. The molecular weight excluding hydrogens is 390 g/mol. The van der Waals surface area contributed by atoms with E-state index in [0.29, 0.717) is 5.56 Å². The van der Waals surface area contributed by atoms with Crippen LogP contribution in [0.3, 0.4) is 0 Å². The number of aromatic hydroxyl groups is 1. The van der Waals surface area contributed by atoms with Gasteiger partial charge in [-0.15, -0.1) is 0 Å². The molecule has 0 heterocycles. The number of amides is 1. The Hall–Kier alpha value is -3.13. The number of ketones is 2. The molecule has 0 aliphatic heterocycles. The zero-order chi connectivity index (χ0) is 22.1. The Labute approximate surface area is 172 Å². The van der Waals surface area contributed by atoms with Gasteiger partial charge in [0.25, 0.3) is 5.91 Å². The highest BCUT2D eigenvalue weighted by Gasteiger charge is 2.61. The van der Waals surface area contributed by atoms with Crippen LogP contribution in [0.5, 0.6) is 5.75 Å². The number of carbonyl (C=O) groups excluding carboxylic acids is 3. The fourth-order valence-electron chi connectivity index (χ4n) is 5.46. The van der Waals surface area contributed by atoms with Crippen LogP contribution < -0.4 is 5.73 Å². The molecule has 0 spiro atoms. The summed E-state index contributed by atoms with van der Waals surface area (Å²) >= 11 is 0. The van der Waals surface area contributed by atoms with E-state index in [0.717, 1.165) is 0 Å². The summed E-state index contributed by atoms with van der Waals surface area (Å²) in [6.07, 6.45) is -0.109. The lowest BCUT2D eigenvalue weighted by Crippen LogP contribution is -2.57. The first-order valence-electron chi connectivity index (χ1n) is 9.81. The molecule has 30 heavy (non-hydrogen) atoms. The second kappa shape index (κ2) is 6.43. The van der Waals surface area contributed by atoms with Gasteiger partial charge in [0, 0.05) is 17.9 Å². The second-order valence-electron chi connectivity index (χ2n) is 8.63. The lowest BCUT2D eigenvalue weighted by atomic mass is 9.56. The summed E-state index contributed by atoms with van der Waals surface area (Å²) in [6.45, 7) is 3.89. The maximum atomic E-state index is 13.3. The van der Waals surface area contributed by atoms with E-state index in [2.05, 4.69) is 0 Å². The third-order valence-corrected chi connectivity index (χ3v) is 6.72. The van der Waals surface area contributed by atoms with Crippen molar-refractivity contribution in [3.05, 3.63) is 52.0 Å². The third-order valence-electron chi connectivity index (χ3n) is 6.72. The van der Waals surface area contributed by atoms with Gasteiger partial charge in [0.15, 0.2) is 11.4 Å². The lowest BCUT2D eigenvalue weighted by Gasteiger charge is -2.48. The standard InChI is InChI=1S/C22H23NO7/c1-8(2)14-10-4-3-5-12(24)15(10)18(26)16-11(14)6-9-7-13(25)17(21(23)29)20(28)22(9,30)19(16)27/h3-5,8-9,11,14,24-25,27,30H,6-7H2,1-2H3,(H2,23,29)/t9-,11?,14?,22-/m0/s1. The van der Waals surface area contributed by atoms with Crippen molar-refractivity contribution < 1.29 is 34.8 Å². The molecule has 158 valence electrons. The Morgan fingerprint density at radius 2 is 1.87 bits per heavy atom. The average Bonchev–Trinajstić information content (AvgIpc) is 2.64. The molecule has 0 aromatic heterocycles. The molecule has 3 aliphatic rings. The van der Waals surface area contributed by atoms with Crippen LogP contribution in [0, 0.1) is 17.8 Å². The van der Waals surface area contributed by atoms with Gasteiger partial charge in [-0.1, -0.05) is 26.0 Å². The Bertz CT molecular complexity index is 1070. The largest absolute Gasteiger partial charge is 0.511 e. The monoisotopic (exact) mass is 413 g/mol. The summed E-state index contributed by atoms with van der Waals surface area (Å²) in [6, 6.07) is 4.76. The van der Waals surface area contributed by atoms with E-state index in [1.807, 2.05) is 13.8 Å². The van der Waals surface area contributed by atoms with E-state index < -0.39 is 52.0 Å². The van der Waals surface area contributed by atoms with Crippen molar-refractivity contribution in [3.8, 4) is 5.75 Å². The van der Waals surface area contributed by atoms with Crippen LogP contribution in [-0.2, 0) is 9.59 Å². The fraction of sp³-hybridized carbons (Fsp3) is 0.409. The number of allylic oxidation sites excluding steroid dienone is 2. The molecule has 1 amide bonds. The van der Waals surface area contributed by atoms with Gasteiger partial charge in [-0.3, -0.25) is 14.4 Å². The molecule has 0 saturated carbocycles. The SMILES string of the molecule is CC(C)C1c2cccc(O)c2C(=O)C2=C(O)[C@]3(O)C(=O)C(C(N)=O)=C(O)C[C@@H]3CC21. The number of aliphatic hydroxyl groups is 3. The predicted molar refractivity (Wildman–Crippen MR) is 105 cm³/mol. The molecule has 0 bridgehead atoms. The maximum absolute atomic E-state index is 13.3. The number of nitrogens with two attached hydrogens (primary N) is 1. The summed E-state index contributed by atoms with van der Waals surface area (Å²) in [4.78, 5) is 37.9. The summed E-state index contributed by atoms with van der Waals surface area (Å²) in [5, 5.41) is 42.9. The van der Waals surface area contributed by atoms with Crippen molar-refractivity contribution in [2.24, 2.45) is 23.5 Å². The Morgan fingerprint density at radius 3 is 2.47 bits per heavy atom. The minimum absolute atomic E-state index is 0.00209. The molecule has 0 saturated heterocycles. The molecule has 0 radical (unpaired) electrons. The second-order valence-corrected chi connectivity index (χ2v) is 8.63. The van der Waals surface area contributed by atoms with Crippen LogP contribution in [0.25, 0.3) is 0 Å². The summed E-state index contributed by atoms with van der Waals surface area (Å²) in [7, 11) is 0. The number of phenolic OH excluding ortho intramolecular Hbond substituents is 1. The van der Waals surface area contributed by atoms with E-state index >= 15 is 0 Å². The van der Waals surface area contributed by atoms with Crippen molar-refractivity contribution in [1.82, 2.24) is 0 Å². The molecular formula is C22H23NO7. The van der Waals surface area contributed by atoms with Crippen LogP contribution in [-0.4, -0.2) is 43.5 Å². The third kappa shape index (κ3) is 2.40. The average molecular weight is 413 g/mol. The molecule has 4 atom stereocenters. The first-order valence-corrected chi connectivity index (χ1v) is 9.81. The molecule has 8 heteroatoms. The van der Waals surface area contributed by atoms with Crippen molar-refractivity contribution >= 4 is 17.5 Å². The lowest BCUT2D eigenvalue weighted by molar-refractivity contribution is -0.144. The molecule has 3 aliphatic carbocycles. The van der Waals surface area contributed by atoms with Crippen LogP contribution >= 0.6 is 0 Å². The highest BCUT2D eigenvalue weighted by atomic mass is 16.3. The van der Waals surface area contributed by atoms with Crippen LogP contribution in [0.1, 0.15) is 48.5 Å². The smallest absolute Gasteiger partial charge is 0.255 e. The van der Waals surface area contributed by atoms with Crippen molar-refractivity contribution in [1.29, 1.82) is 0 Å². The topological polar surface area (TPSA) is 158 Å². The summed E-state index contributed by atoms with van der Waals surface area (Å²) in [5.41, 5.74) is 2.42. The van der Waals surface area contributed by atoms with Gasteiger partial charge in [0.05, 0.1) is 5.56 Å². The molecule has 1 aromatic rings. The zero-order valence-corrected chi connectivity index (χ0v) is 16.5. The molecule has 0 fully saturated rings. The van der Waals surface area contributed by atoms with E-state index in [9.17, 15) is 34.8 Å². The van der Waals surface area contributed by atoms with Crippen LogP contribution in [0.2, 0.25) is 0 Å². The number of carbonyl (C=O) groups is 3. The number of aliphatic hydroxyl groups excluding tert-OH is 2. The minimum Gasteiger partial charge on any atom is -0.511 e. The normalized spacial score (nSPS) is 30.9. The molecule has 1 aromatic carbocycles. The highest BCUT2D eigenvalue weighted by molar-refractivity contribution is 6.24. The summed E-state index contributed by atoms with van der Waals surface area (Å²) in [5.74, 6) is -6.45. The van der Waals surface area contributed by atoms with Gasteiger partial charge >= 0.3 is 0 Å². The van der Waals surface area contributed by atoms with Crippen molar-refractivity contribution in [2.45, 2.75) is 38.2 Å². The molecule has 2 unspecified atom stereocenters. The van der Waals surface area contributed by atoms with Crippen molar-refractivity contribution in [3.63, 3.8) is 0 Å². The van der Waals surface area contributed by atoms with Crippen molar-refractivity contribution in [2.75, 3.05) is 0 Å². The van der Waals surface area contributed by atoms with Gasteiger partial charge in [0.1, 0.15) is 22.8 Å². The number of phenols is 1. The van der Waals surface area contributed by atoms with Crippen LogP contribution in [0.15, 0.2) is 40.9 Å². The van der Waals surface area contributed by atoms with E-state index in [-0.39, 0.29) is 41.6 Å². The Morgan fingerprint density at radius 1 is 1.20 bits per heavy atom. The number of rotatable bonds is 2. The van der Waals surface area contributed by atoms with Crippen LogP contribution in [0.4, 0.5) is 0 Å². The van der Waals surface area contributed by atoms with Gasteiger partial charge < -0.3 is 26.2 Å². The van der Waals surface area contributed by atoms with Gasteiger partial charge in [-0.05, 0) is 35.8 Å². The summed E-state index contributed by atoms with van der Waals surface area (Å²) < 4.78 is 0. The minimum atomic E-state index is -2.54. The van der Waals surface area contributed by atoms with E-state index in [1.54, 1.807) is 12.1 Å². The van der Waals surface area contributed by atoms with E-state index in [1.165, 1.54) is 6.07 Å². The number of hydrogen-bond donors (Lipinski definition) is 5. The Balaban J connectivity index is 1.98. The Kier molecular flexibility index (Phi) is 4.32. The predicted octanol–water partition coefficient (Wildman–Crippen LogP) is 1.78. The first-order chi connectivity index (χ1) is 14.0. The van der Waals surface area contributed by atoms with E-state index in [4.69, 9.17) is 5.73 Å². The van der Waals surface area contributed by atoms with Gasteiger partial charge in [-0.2, -0.15) is 0 Å².